The van der Waals surface area contributed by atoms with Crippen LogP contribution in [0.4, 0.5) is 4.39 Å². The minimum atomic E-state index is -0.569. The Labute approximate surface area is 180 Å². The highest BCUT2D eigenvalue weighted by atomic mass is 19.1. The molecule has 1 aromatic carbocycles. The molecule has 0 N–H and O–H groups in total. The molecule has 1 aromatic rings. The van der Waals surface area contributed by atoms with Crippen molar-refractivity contribution in [2.45, 2.75) is 90.6 Å². The zero-order valence-corrected chi connectivity index (χ0v) is 18.6. The van der Waals surface area contributed by atoms with E-state index in [1.54, 1.807) is 13.0 Å². The fourth-order valence-electron chi connectivity index (χ4n) is 6.32. The van der Waals surface area contributed by atoms with Crippen molar-refractivity contribution in [3.05, 3.63) is 29.1 Å². The molecule has 3 aliphatic rings. The molecule has 1 aliphatic heterocycles. The molecule has 2 aliphatic carbocycles. The van der Waals surface area contributed by atoms with Crippen LogP contribution in [0.1, 0.15) is 94.0 Å². The first kappa shape index (κ1) is 21.6. The van der Waals surface area contributed by atoms with Crippen LogP contribution >= 0.6 is 0 Å². The van der Waals surface area contributed by atoms with Gasteiger partial charge >= 0.3 is 5.97 Å². The van der Waals surface area contributed by atoms with E-state index in [2.05, 4.69) is 6.92 Å². The summed E-state index contributed by atoms with van der Waals surface area (Å²) >= 11 is 0. The van der Waals surface area contributed by atoms with Crippen LogP contribution in [-0.4, -0.2) is 18.7 Å². The summed E-state index contributed by atoms with van der Waals surface area (Å²) in [5.74, 6) is 2.18. The number of carbonyl (C=O) groups excluding carboxylic acids is 1. The van der Waals surface area contributed by atoms with Crippen LogP contribution in [0.2, 0.25) is 0 Å². The molecule has 0 aromatic heterocycles. The van der Waals surface area contributed by atoms with Gasteiger partial charge in [-0.05, 0) is 80.8 Å². The summed E-state index contributed by atoms with van der Waals surface area (Å²) in [6.45, 7) is 4.48. The Bertz CT molecular complexity index is 730. The predicted octanol–water partition coefficient (Wildman–Crippen LogP) is 6.72. The van der Waals surface area contributed by atoms with Gasteiger partial charge in [0.2, 0.25) is 0 Å². The number of hydrogen-bond donors (Lipinski definition) is 0. The second-order valence-corrected chi connectivity index (χ2v) is 9.74. The molecule has 2 saturated carbocycles. The molecule has 0 bridgehead atoms. The van der Waals surface area contributed by atoms with Crippen molar-refractivity contribution < 1.29 is 18.7 Å². The number of esters is 1. The Kier molecular flexibility index (Phi) is 7.00. The van der Waals surface area contributed by atoms with Crippen LogP contribution < -0.4 is 4.74 Å². The van der Waals surface area contributed by atoms with Crippen molar-refractivity contribution in [1.82, 2.24) is 0 Å². The normalized spacial score (nSPS) is 31.7. The number of rotatable bonds is 6. The van der Waals surface area contributed by atoms with E-state index in [1.165, 1.54) is 51.4 Å². The second kappa shape index (κ2) is 9.70. The lowest BCUT2D eigenvalue weighted by Gasteiger charge is -2.40. The van der Waals surface area contributed by atoms with Crippen molar-refractivity contribution in [2.24, 2.45) is 23.7 Å². The summed E-state index contributed by atoms with van der Waals surface area (Å²) < 4.78 is 25.7. The van der Waals surface area contributed by atoms with E-state index >= 15 is 0 Å². The molecule has 0 radical (unpaired) electrons. The average molecular weight is 417 g/mol. The lowest BCUT2D eigenvalue weighted by Crippen LogP contribution is -2.37. The number of halogens is 1. The molecule has 0 amide bonds. The predicted molar refractivity (Wildman–Crippen MR) is 116 cm³/mol. The molecule has 3 nitrogen and oxygen atoms in total. The summed E-state index contributed by atoms with van der Waals surface area (Å²) in [4.78, 5) is 12.6. The SMILES string of the molecule is CCCC1CCC(C2CCC(C3Cc4ccc(OCC)c(F)c4C(=O)O3)CC2)CC1. The lowest BCUT2D eigenvalue weighted by atomic mass is 9.67. The first-order valence-electron chi connectivity index (χ1n) is 12.3. The van der Waals surface area contributed by atoms with Crippen LogP contribution in [0, 0.1) is 29.5 Å². The molecule has 0 spiro atoms. The zero-order chi connectivity index (χ0) is 21.1. The number of fused-ring (bicyclic) bond motifs is 1. The molecule has 1 unspecified atom stereocenters. The highest BCUT2D eigenvalue weighted by Gasteiger charge is 2.38. The zero-order valence-electron chi connectivity index (χ0n) is 18.6. The van der Waals surface area contributed by atoms with Crippen LogP contribution in [0.25, 0.3) is 0 Å². The van der Waals surface area contributed by atoms with Gasteiger partial charge in [-0.15, -0.1) is 0 Å². The molecule has 1 heterocycles. The van der Waals surface area contributed by atoms with E-state index in [4.69, 9.17) is 9.47 Å². The summed E-state index contributed by atoms with van der Waals surface area (Å²) in [5, 5.41) is 0. The van der Waals surface area contributed by atoms with Crippen molar-refractivity contribution in [1.29, 1.82) is 0 Å². The van der Waals surface area contributed by atoms with Gasteiger partial charge in [0.1, 0.15) is 11.7 Å². The van der Waals surface area contributed by atoms with Crippen molar-refractivity contribution in [3.63, 3.8) is 0 Å². The van der Waals surface area contributed by atoms with E-state index in [0.717, 1.165) is 36.2 Å². The third-order valence-corrected chi connectivity index (χ3v) is 7.97. The van der Waals surface area contributed by atoms with Crippen LogP contribution in [0.3, 0.4) is 0 Å². The molecule has 30 heavy (non-hydrogen) atoms. The smallest absolute Gasteiger partial charge is 0.341 e. The molecule has 4 heteroatoms. The summed E-state index contributed by atoms with van der Waals surface area (Å²) in [5.41, 5.74) is 0.850. The van der Waals surface area contributed by atoms with Crippen LogP contribution in [0.15, 0.2) is 12.1 Å². The summed E-state index contributed by atoms with van der Waals surface area (Å²) in [7, 11) is 0. The Morgan fingerprint density at radius 2 is 1.60 bits per heavy atom. The van der Waals surface area contributed by atoms with Gasteiger partial charge < -0.3 is 9.47 Å². The molecule has 4 rings (SSSR count). The maximum atomic E-state index is 14.7. The van der Waals surface area contributed by atoms with Gasteiger partial charge in [0.15, 0.2) is 11.6 Å². The third-order valence-electron chi connectivity index (χ3n) is 7.97. The number of carbonyl (C=O) groups is 1. The van der Waals surface area contributed by atoms with Gasteiger partial charge in [-0.1, -0.05) is 38.7 Å². The van der Waals surface area contributed by atoms with E-state index in [-0.39, 0.29) is 17.4 Å². The van der Waals surface area contributed by atoms with Gasteiger partial charge in [-0.3, -0.25) is 0 Å². The molecule has 2 fully saturated rings. The number of ether oxygens (including phenoxy) is 2. The monoisotopic (exact) mass is 416 g/mol. The average Bonchev–Trinajstić information content (AvgIpc) is 2.76. The van der Waals surface area contributed by atoms with Crippen LogP contribution in [-0.2, 0) is 11.2 Å². The highest BCUT2D eigenvalue weighted by molar-refractivity contribution is 5.93. The fourth-order valence-corrected chi connectivity index (χ4v) is 6.32. The van der Waals surface area contributed by atoms with Gasteiger partial charge in [-0.25, -0.2) is 9.18 Å². The highest BCUT2D eigenvalue weighted by Crippen LogP contribution is 2.44. The largest absolute Gasteiger partial charge is 0.491 e. The van der Waals surface area contributed by atoms with Crippen molar-refractivity contribution in [2.75, 3.05) is 6.61 Å². The standard InChI is InChI=1S/C26H37FO3/c1-3-5-17-6-8-18(9-7-17)19-10-12-20(13-11-19)23-16-21-14-15-22(29-4-2)25(27)24(21)26(28)30-23/h14-15,17-20,23H,3-13,16H2,1-2H3. The van der Waals surface area contributed by atoms with Crippen molar-refractivity contribution in [3.8, 4) is 5.75 Å². The number of hydrogen-bond acceptors (Lipinski definition) is 3. The Morgan fingerprint density at radius 3 is 2.23 bits per heavy atom. The topological polar surface area (TPSA) is 35.5 Å². The first-order chi connectivity index (χ1) is 14.6. The Balaban J connectivity index is 1.33. The first-order valence-corrected chi connectivity index (χ1v) is 12.3. The molecule has 166 valence electrons. The van der Waals surface area contributed by atoms with Gasteiger partial charge in [-0.2, -0.15) is 0 Å². The maximum Gasteiger partial charge on any atom is 0.341 e. The van der Waals surface area contributed by atoms with Gasteiger partial charge in [0, 0.05) is 6.42 Å². The lowest BCUT2D eigenvalue weighted by molar-refractivity contribution is -0.00406. The minimum Gasteiger partial charge on any atom is -0.491 e. The maximum absolute atomic E-state index is 14.7. The van der Waals surface area contributed by atoms with E-state index < -0.39 is 11.8 Å². The number of cyclic esters (lactones) is 1. The number of benzene rings is 1. The van der Waals surface area contributed by atoms with Gasteiger partial charge in [0.25, 0.3) is 0 Å². The molecule has 0 saturated heterocycles. The quantitative estimate of drug-likeness (QED) is 0.483. The summed E-state index contributed by atoms with van der Waals surface area (Å²) in [6.07, 6.45) is 13.7. The van der Waals surface area contributed by atoms with E-state index in [1.807, 2.05) is 6.07 Å². The van der Waals surface area contributed by atoms with E-state index in [0.29, 0.717) is 18.9 Å². The van der Waals surface area contributed by atoms with Gasteiger partial charge in [0.05, 0.1) is 6.61 Å². The molecule has 1 atom stereocenters. The van der Waals surface area contributed by atoms with Crippen molar-refractivity contribution >= 4 is 5.97 Å². The second-order valence-electron chi connectivity index (χ2n) is 9.74. The molecular formula is C26H37FO3. The Morgan fingerprint density at radius 1 is 0.967 bits per heavy atom. The fraction of sp³-hybridized carbons (Fsp3) is 0.731. The third kappa shape index (κ3) is 4.53. The van der Waals surface area contributed by atoms with E-state index in [9.17, 15) is 9.18 Å². The molecular weight excluding hydrogens is 379 g/mol. The van der Waals surface area contributed by atoms with Crippen LogP contribution in [0.5, 0.6) is 5.75 Å². The Hall–Kier alpha value is -1.58. The minimum absolute atomic E-state index is 0.0784. The summed E-state index contributed by atoms with van der Waals surface area (Å²) in [6, 6.07) is 3.50.